The summed E-state index contributed by atoms with van der Waals surface area (Å²) in [6, 6.07) is 4.26. The van der Waals surface area contributed by atoms with Crippen LogP contribution in [0, 0.1) is 5.92 Å². The van der Waals surface area contributed by atoms with Crippen molar-refractivity contribution in [1.29, 1.82) is 0 Å². The predicted octanol–water partition coefficient (Wildman–Crippen LogP) is 3.08. The van der Waals surface area contributed by atoms with Crippen molar-refractivity contribution >= 4 is 17.2 Å². The van der Waals surface area contributed by atoms with E-state index in [0.29, 0.717) is 6.54 Å². The first-order chi connectivity index (χ1) is 8.72. The zero-order valence-corrected chi connectivity index (χ0v) is 12.1. The summed E-state index contributed by atoms with van der Waals surface area (Å²) < 4.78 is 0. The molecule has 0 aromatic carbocycles. The molecule has 0 spiro atoms. The molecule has 1 amide bonds. The van der Waals surface area contributed by atoms with Crippen LogP contribution in [-0.4, -0.2) is 12.5 Å². The quantitative estimate of drug-likeness (QED) is 0.761. The first-order valence-corrected chi connectivity index (χ1v) is 7.64. The Balaban J connectivity index is 2.63. The van der Waals surface area contributed by atoms with E-state index in [0.717, 1.165) is 25.7 Å². The number of thiophene rings is 1. The molecule has 2 unspecified atom stereocenters. The van der Waals surface area contributed by atoms with Crippen molar-refractivity contribution in [3.63, 3.8) is 0 Å². The predicted molar refractivity (Wildman–Crippen MR) is 77.6 cm³/mol. The molecule has 1 heterocycles. The van der Waals surface area contributed by atoms with E-state index in [-0.39, 0.29) is 17.9 Å². The SMILES string of the molecule is CCCC(CN)C(=O)NC(CCC)c1cccs1. The average Bonchev–Trinajstić information content (AvgIpc) is 2.89. The van der Waals surface area contributed by atoms with Crippen LogP contribution in [0.1, 0.15) is 50.4 Å². The summed E-state index contributed by atoms with van der Waals surface area (Å²) in [6.07, 6.45) is 3.90. The van der Waals surface area contributed by atoms with Crippen molar-refractivity contribution in [1.82, 2.24) is 5.32 Å². The molecule has 1 rings (SSSR count). The van der Waals surface area contributed by atoms with Crippen LogP contribution in [0.5, 0.6) is 0 Å². The van der Waals surface area contributed by atoms with Gasteiger partial charge >= 0.3 is 0 Å². The van der Waals surface area contributed by atoms with Gasteiger partial charge in [0.15, 0.2) is 0 Å². The van der Waals surface area contributed by atoms with Gasteiger partial charge in [-0.05, 0) is 24.3 Å². The molecule has 1 aromatic heterocycles. The van der Waals surface area contributed by atoms with Crippen LogP contribution in [-0.2, 0) is 4.79 Å². The Kier molecular flexibility index (Phi) is 6.98. The summed E-state index contributed by atoms with van der Waals surface area (Å²) in [7, 11) is 0. The van der Waals surface area contributed by atoms with Gasteiger partial charge in [0.25, 0.3) is 0 Å². The second-order valence-electron chi connectivity index (χ2n) is 4.59. The van der Waals surface area contributed by atoms with Crippen LogP contribution in [0.15, 0.2) is 17.5 Å². The zero-order valence-electron chi connectivity index (χ0n) is 11.3. The molecular formula is C14H24N2OS. The molecular weight excluding hydrogens is 244 g/mol. The summed E-state index contributed by atoms with van der Waals surface area (Å²) in [5, 5.41) is 5.20. The van der Waals surface area contributed by atoms with Gasteiger partial charge in [-0.3, -0.25) is 4.79 Å². The summed E-state index contributed by atoms with van der Waals surface area (Å²) in [4.78, 5) is 13.4. The molecule has 18 heavy (non-hydrogen) atoms. The molecule has 0 aliphatic carbocycles. The second-order valence-corrected chi connectivity index (χ2v) is 5.57. The molecule has 0 saturated carbocycles. The molecule has 2 atom stereocenters. The van der Waals surface area contributed by atoms with Crippen LogP contribution >= 0.6 is 11.3 Å². The molecule has 0 aliphatic rings. The maximum atomic E-state index is 12.2. The number of rotatable bonds is 8. The third-order valence-corrected chi connectivity index (χ3v) is 4.06. The van der Waals surface area contributed by atoms with E-state index < -0.39 is 0 Å². The summed E-state index contributed by atoms with van der Waals surface area (Å²) >= 11 is 1.70. The monoisotopic (exact) mass is 268 g/mol. The van der Waals surface area contributed by atoms with E-state index in [1.807, 2.05) is 6.07 Å². The minimum absolute atomic E-state index is 0.0469. The minimum Gasteiger partial charge on any atom is -0.348 e. The highest BCUT2D eigenvalue weighted by atomic mass is 32.1. The topological polar surface area (TPSA) is 55.1 Å². The third-order valence-electron chi connectivity index (χ3n) is 3.07. The maximum absolute atomic E-state index is 12.2. The van der Waals surface area contributed by atoms with Crippen molar-refractivity contribution in [2.75, 3.05) is 6.54 Å². The van der Waals surface area contributed by atoms with Gasteiger partial charge in [0, 0.05) is 11.4 Å². The molecule has 0 aliphatic heterocycles. The molecule has 1 aromatic rings. The minimum atomic E-state index is -0.0469. The molecule has 0 bridgehead atoms. The van der Waals surface area contributed by atoms with Gasteiger partial charge < -0.3 is 11.1 Å². The van der Waals surface area contributed by atoms with Crippen molar-refractivity contribution in [3.8, 4) is 0 Å². The normalized spacial score (nSPS) is 14.2. The number of nitrogens with two attached hydrogens (primary N) is 1. The lowest BCUT2D eigenvalue weighted by molar-refractivity contribution is -0.125. The summed E-state index contributed by atoms with van der Waals surface area (Å²) in [5.74, 6) is 0.0560. The lowest BCUT2D eigenvalue weighted by Crippen LogP contribution is -2.37. The third kappa shape index (κ3) is 4.42. The highest BCUT2D eigenvalue weighted by Crippen LogP contribution is 2.23. The van der Waals surface area contributed by atoms with Crippen LogP contribution in [0.4, 0.5) is 0 Å². The number of nitrogens with one attached hydrogen (secondary N) is 1. The lowest BCUT2D eigenvalue weighted by atomic mass is 10.0. The largest absolute Gasteiger partial charge is 0.348 e. The van der Waals surface area contributed by atoms with Gasteiger partial charge in [-0.1, -0.05) is 32.8 Å². The molecule has 102 valence electrons. The second kappa shape index (κ2) is 8.27. The van der Waals surface area contributed by atoms with Gasteiger partial charge in [-0.25, -0.2) is 0 Å². The first kappa shape index (κ1) is 15.2. The summed E-state index contributed by atoms with van der Waals surface area (Å²) in [6.45, 7) is 4.65. The number of hydrogen-bond donors (Lipinski definition) is 2. The molecule has 0 saturated heterocycles. The summed E-state index contributed by atoms with van der Waals surface area (Å²) in [5.41, 5.74) is 5.67. The molecule has 4 heteroatoms. The van der Waals surface area contributed by atoms with Crippen LogP contribution in [0.2, 0.25) is 0 Å². The van der Waals surface area contributed by atoms with E-state index in [2.05, 4.69) is 30.6 Å². The Morgan fingerprint density at radius 3 is 2.61 bits per heavy atom. The number of carbonyl (C=O) groups excluding carboxylic acids is 1. The first-order valence-electron chi connectivity index (χ1n) is 6.76. The Morgan fingerprint density at radius 2 is 2.11 bits per heavy atom. The number of amides is 1. The smallest absolute Gasteiger partial charge is 0.224 e. The van der Waals surface area contributed by atoms with Crippen LogP contribution in [0.3, 0.4) is 0 Å². The van der Waals surface area contributed by atoms with Gasteiger partial charge in [-0.2, -0.15) is 0 Å². The fourth-order valence-electron chi connectivity index (χ4n) is 2.06. The maximum Gasteiger partial charge on any atom is 0.224 e. The van der Waals surface area contributed by atoms with E-state index in [9.17, 15) is 4.79 Å². The number of carbonyl (C=O) groups is 1. The van der Waals surface area contributed by atoms with Crippen LogP contribution < -0.4 is 11.1 Å². The fourth-order valence-corrected chi connectivity index (χ4v) is 2.87. The molecule has 3 N–H and O–H groups in total. The fraction of sp³-hybridized carbons (Fsp3) is 0.643. The Morgan fingerprint density at radius 1 is 1.39 bits per heavy atom. The van der Waals surface area contributed by atoms with Crippen molar-refractivity contribution in [2.45, 2.75) is 45.6 Å². The standard InChI is InChI=1S/C14H24N2OS/c1-3-6-11(10-15)14(17)16-12(7-4-2)13-8-5-9-18-13/h5,8-9,11-12H,3-4,6-7,10,15H2,1-2H3,(H,16,17). The van der Waals surface area contributed by atoms with Gasteiger partial charge in [0.05, 0.1) is 12.0 Å². The van der Waals surface area contributed by atoms with E-state index in [1.165, 1.54) is 4.88 Å². The van der Waals surface area contributed by atoms with Crippen molar-refractivity contribution < 1.29 is 4.79 Å². The van der Waals surface area contributed by atoms with E-state index in [1.54, 1.807) is 11.3 Å². The van der Waals surface area contributed by atoms with Gasteiger partial charge in [0.1, 0.15) is 0 Å². The lowest BCUT2D eigenvalue weighted by Gasteiger charge is -2.20. The molecule has 0 fully saturated rings. The molecule has 3 nitrogen and oxygen atoms in total. The highest BCUT2D eigenvalue weighted by Gasteiger charge is 2.20. The van der Waals surface area contributed by atoms with Gasteiger partial charge in [0.2, 0.25) is 5.91 Å². The number of hydrogen-bond acceptors (Lipinski definition) is 3. The van der Waals surface area contributed by atoms with Crippen molar-refractivity contribution in [2.24, 2.45) is 11.7 Å². The highest BCUT2D eigenvalue weighted by molar-refractivity contribution is 7.10. The Bertz CT molecular complexity index is 338. The average molecular weight is 268 g/mol. The molecule has 0 radical (unpaired) electrons. The van der Waals surface area contributed by atoms with E-state index in [4.69, 9.17) is 5.73 Å². The van der Waals surface area contributed by atoms with Crippen LogP contribution in [0.25, 0.3) is 0 Å². The van der Waals surface area contributed by atoms with Crippen molar-refractivity contribution in [3.05, 3.63) is 22.4 Å². The Hall–Kier alpha value is -0.870. The van der Waals surface area contributed by atoms with Gasteiger partial charge in [-0.15, -0.1) is 11.3 Å². The Labute approximate surface area is 114 Å². The zero-order chi connectivity index (χ0) is 13.4. The van der Waals surface area contributed by atoms with E-state index >= 15 is 0 Å².